The fourth-order valence-corrected chi connectivity index (χ4v) is 6.06. The lowest BCUT2D eigenvalue weighted by Gasteiger charge is -2.49. The van der Waals surface area contributed by atoms with Crippen molar-refractivity contribution in [3.63, 3.8) is 0 Å². The van der Waals surface area contributed by atoms with Gasteiger partial charge in [0.2, 0.25) is 5.91 Å². The van der Waals surface area contributed by atoms with Crippen LogP contribution in [-0.4, -0.2) is 63.4 Å². The molecule has 3 fully saturated rings. The Morgan fingerprint density at radius 1 is 1.06 bits per heavy atom. The number of piperidine rings is 1. The van der Waals surface area contributed by atoms with Gasteiger partial charge in [0.1, 0.15) is 5.54 Å². The van der Waals surface area contributed by atoms with Crippen LogP contribution in [0, 0.1) is 0 Å². The Morgan fingerprint density at radius 3 is 2.26 bits per heavy atom. The van der Waals surface area contributed by atoms with E-state index in [9.17, 15) is 14.4 Å². The molecule has 3 rings (SSSR count). The van der Waals surface area contributed by atoms with E-state index in [-0.39, 0.29) is 35.0 Å². The van der Waals surface area contributed by atoms with E-state index in [0.29, 0.717) is 19.4 Å². The van der Waals surface area contributed by atoms with Gasteiger partial charge in [-0.05, 0) is 66.2 Å². The number of nitrogens with one attached hydrogen (secondary N) is 2. The molecule has 0 aromatic carbocycles. The maximum atomic E-state index is 13.3. The number of hydrogen-bond acceptors (Lipinski definition) is 4. The zero-order valence-corrected chi connectivity index (χ0v) is 20.2. The van der Waals surface area contributed by atoms with E-state index in [1.165, 1.54) is 4.90 Å². The standard InChI is InChI=1S/C24H42N4O3/c1-6-7-14-27(18-16-22(2,3)26-23(4,5)17-18)19(29)11-10-15-28-20(30)24(25-21(28)31)12-8-9-13-24/h18,26H,6-17H2,1-5H3,(H,25,31). The molecule has 0 bridgehead atoms. The number of carbonyl (C=O) groups is 3. The van der Waals surface area contributed by atoms with Gasteiger partial charge in [-0.15, -0.1) is 0 Å². The molecule has 0 aromatic heterocycles. The quantitative estimate of drug-likeness (QED) is 0.572. The zero-order valence-electron chi connectivity index (χ0n) is 20.2. The minimum Gasteiger partial charge on any atom is -0.340 e. The number of amides is 4. The highest BCUT2D eigenvalue weighted by atomic mass is 16.2. The van der Waals surface area contributed by atoms with Crippen molar-refractivity contribution in [1.29, 1.82) is 0 Å². The van der Waals surface area contributed by atoms with Gasteiger partial charge in [-0.3, -0.25) is 14.5 Å². The molecule has 2 saturated heterocycles. The molecule has 0 aromatic rings. The summed E-state index contributed by atoms with van der Waals surface area (Å²) in [6.45, 7) is 12.1. The number of rotatable bonds is 8. The van der Waals surface area contributed by atoms with Crippen molar-refractivity contribution in [2.45, 2.75) is 121 Å². The van der Waals surface area contributed by atoms with Crippen LogP contribution in [0.2, 0.25) is 0 Å². The van der Waals surface area contributed by atoms with Crippen LogP contribution in [0.3, 0.4) is 0 Å². The average molecular weight is 435 g/mol. The zero-order chi connectivity index (χ0) is 22.9. The van der Waals surface area contributed by atoms with Crippen molar-refractivity contribution in [1.82, 2.24) is 20.4 Å². The molecule has 4 amide bonds. The van der Waals surface area contributed by atoms with Crippen LogP contribution in [0.25, 0.3) is 0 Å². The van der Waals surface area contributed by atoms with Gasteiger partial charge in [-0.25, -0.2) is 4.79 Å². The van der Waals surface area contributed by atoms with Gasteiger partial charge >= 0.3 is 6.03 Å². The Kier molecular flexibility index (Phi) is 7.04. The first-order chi connectivity index (χ1) is 14.5. The van der Waals surface area contributed by atoms with Crippen molar-refractivity contribution in [2.24, 2.45) is 0 Å². The molecule has 1 spiro atoms. The monoisotopic (exact) mass is 434 g/mol. The summed E-state index contributed by atoms with van der Waals surface area (Å²) in [4.78, 5) is 41.9. The highest BCUT2D eigenvalue weighted by molar-refractivity contribution is 6.07. The SMILES string of the molecule is CCCCN(C(=O)CCCN1C(=O)NC2(CCCC2)C1=O)C1CC(C)(C)NC(C)(C)C1. The van der Waals surface area contributed by atoms with Crippen LogP contribution in [0.4, 0.5) is 4.79 Å². The summed E-state index contributed by atoms with van der Waals surface area (Å²) >= 11 is 0. The Balaban J connectivity index is 1.59. The Bertz CT molecular complexity index is 681. The molecule has 0 atom stereocenters. The van der Waals surface area contributed by atoms with Crippen molar-refractivity contribution >= 4 is 17.8 Å². The van der Waals surface area contributed by atoms with Crippen molar-refractivity contribution in [3.05, 3.63) is 0 Å². The summed E-state index contributed by atoms with van der Waals surface area (Å²) in [5.41, 5.74) is -0.708. The van der Waals surface area contributed by atoms with Gasteiger partial charge in [-0.1, -0.05) is 26.2 Å². The second kappa shape index (κ2) is 9.08. The molecular weight excluding hydrogens is 392 g/mol. The molecular formula is C24H42N4O3. The summed E-state index contributed by atoms with van der Waals surface area (Å²) in [6, 6.07) is -0.0761. The first-order valence-corrected chi connectivity index (χ1v) is 12.2. The second-order valence-corrected chi connectivity index (χ2v) is 11.2. The molecule has 7 heteroatoms. The van der Waals surface area contributed by atoms with Gasteiger partial charge in [-0.2, -0.15) is 0 Å². The molecule has 2 aliphatic heterocycles. The molecule has 176 valence electrons. The molecule has 2 heterocycles. The fourth-order valence-electron chi connectivity index (χ4n) is 6.06. The Morgan fingerprint density at radius 2 is 1.68 bits per heavy atom. The largest absolute Gasteiger partial charge is 0.340 e. The smallest absolute Gasteiger partial charge is 0.325 e. The summed E-state index contributed by atoms with van der Waals surface area (Å²) < 4.78 is 0. The molecule has 0 unspecified atom stereocenters. The van der Waals surface area contributed by atoms with E-state index in [2.05, 4.69) is 50.2 Å². The lowest BCUT2D eigenvalue weighted by molar-refractivity contribution is -0.136. The fraction of sp³-hybridized carbons (Fsp3) is 0.875. The molecule has 31 heavy (non-hydrogen) atoms. The van der Waals surface area contributed by atoms with E-state index in [1.54, 1.807) is 0 Å². The number of hydrogen-bond donors (Lipinski definition) is 2. The van der Waals surface area contributed by atoms with E-state index in [0.717, 1.165) is 57.9 Å². The van der Waals surface area contributed by atoms with Crippen molar-refractivity contribution < 1.29 is 14.4 Å². The maximum absolute atomic E-state index is 13.3. The van der Waals surface area contributed by atoms with E-state index >= 15 is 0 Å². The lowest BCUT2D eigenvalue weighted by atomic mass is 9.79. The highest BCUT2D eigenvalue weighted by Crippen LogP contribution is 2.35. The Labute approximate surface area is 187 Å². The van der Waals surface area contributed by atoms with Gasteiger partial charge in [0.15, 0.2) is 0 Å². The molecule has 1 saturated carbocycles. The molecule has 7 nitrogen and oxygen atoms in total. The first-order valence-electron chi connectivity index (χ1n) is 12.2. The van der Waals surface area contributed by atoms with Crippen LogP contribution < -0.4 is 10.6 Å². The van der Waals surface area contributed by atoms with E-state index in [1.807, 2.05) is 0 Å². The number of imide groups is 1. The molecule has 0 radical (unpaired) electrons. The van der Waals surface area contributed by atoms with Gasteiger partial charge in [0.25, 0.3) is 5.91 Å². The summed E-state index contributed by atoms with van der Waals surface area (Å²) in [5, 5.41) is 6.62. The normalized spacial score (nSPS) is 24.6. The summed E-state index contributed by atoms with van der Waals surface area (Å²) in [6.07, 6.45) is 8.23. The summed E-state index contributed by atoms with van der Waals surface area (Å²) in [7, 11) is 0. The number of carbonyl (C=O) groups excluding carboxylic acids is 3. The van der Waals surface area contributed by atoms with Gasteiger partial charge in [0.05, 0.1) is 0 Å². The number of unbranched alkanes of at least 4 members (excludes halogenated alkanes) is 1. The number of urea groups is 1. The predicted octanol–water partition coefficient (Wildman–Crippen LogP) is 3.57. The van der Waals surface area contributed by atoms with Crippen LogP contribution in [-0.2, 0) is 9.59 Å². The number of nitrogens with zero attached hydrogens (tertiary/aromatic N) is 2. The minimum atomic E-state index is -0.666. The lowest BCUT2D eigenvalue weighted by Crippen LogP contribution is -2.62. The van der Waals surface area contributed by atoms with Crippen LogP contribution >= 0.6 is 0 Å². The molecule has 2 N–H and O–H groups in total. The highest BCUT2D eigenvalue weighted by Gasteiger charge is 2.52. The predicted molar refractivity (Wildman–Crippen MR) is 122 cm³/mol. The molecule has 3 aliphatic rings. The average Bonchev–Trinajstić information content (AvgIpc) is 3.20. The van der Waals surface area contributed by atoms with Crippen molar-refractivity contribution in [2.75, 3.05) is 13.1 Å². The third kappa shape index (κ3) is 5.41. The van der Waals surface area contributed by atoms with Crippen molar-refractivity contribution in [3.8, 4) is 0 Å². The van der Waals surface area contributed by atoms with Gasteiger partial charge < -0.3 is 15.5 Å². The van der Waals surface area contributed by atoms with E-state index in [4.69, 9.17) is 0 Å². The third-order valence-corrected chi connectivity index (χ3v) is 7.16. The first kappa shape index (κ1) is 24.0. The summed E-state index contributed by atoms with van der Waals surface area (Å²) in [5.74, 6) is 0.0572. The Hall–Kier alpha value is -1.63. The second-order valence-electron chi connectivity index (χ2n) is 11.2. The van der Waals surface area contributed by atoms with Gasteiger partial charge in [0, 0.05) is 36.6 Å². The molecule has 1 aliphatic carbocycles. The topological polar surface area (TPSA) is 81.8 Å². The third-order valence-electron chi connectivity index (χ3n) is 7.16. The van der Waals surface area contributed by atoms with E-state index < -0.39 is 5.54 Å². The van der Waals surface area contributed by atoms with Crippen LogP contribution in [0.15, 0.2) is 0 Å². The minimum absolute atomic E-state index is 0.0210. The van der Waals surface area contributed by atoms with Crippen LogP contribution in [0.1, 0.15) is 98.8 Å². The van der Waals surface area contributed by atoms with Crippen LogP contribution in [0.5, 0.6) is 0 Å². The maximum Gasteiger partial charge on any atom is 0.325 e.